The van der Waals surface area contributed by atoms with Crippen molar-refractivity contribution < 1.29 is 4.79 Å². The molecule has 2 atom stereocenters. The lowest BCUT2D eigenvalue weighted by Gasteiger charge is -2.34. The van der Waals surface area contributed by atoms with E-state index in [1.807, 2.05) is 11.0 Å². The summed E-state index contributed by atoms with van der Waals surface area (Å²) in [7, 11) is 0. The van der Waals surface area contributed by atoms with Crippen molar-refractivity contribution in [1.82, 2.24) is 10.2 Å². The van der Waals surface area contributed by atoms with E-state index in [4.69, 9.17) is 5.26 Å². The lowest BCUT2D eigenvalue weighted by molar-refractivity contribution is -0.133. The van der Waals surface area contributed by atoms with Crippen LogP contribution >= 0.6 is 0 Å². The molecule has 13 heavy (non-hydrogen) atoms. The highest BCUT2D eigenvalue weighted by Crippen LogP contribution is 2.26. The van der Waals surface area contributed by atoms with E-state index in [2.05, 4.69) is 5.32 Å². The average Bonchev–Trinajstić information content (AvgIpc) is 2.37. The summed E-state index contributed by atoms with van der Waals surface area (Å²) in [5.74, 6) is 0.0106. The molecule has 1 N–H and O–H groups in total. The van der Waals surface area contributed by atoms with Crippen LogP contribution in [-0.2, 0) is 4.79 Å². The zero-order chi connectivity index (χ0) is 9.26. The Hall–Kier alpha value is -1.08. The summed E-state index contributed by atoms with van der Waals surface area (Å²) in [6.45, 7) is 1.79. The highest BCUT2D eigenvalue weighted by Gasteiger charge is 2.38. The van der Waals surface area contributed by atoms with Gasteiger partial charge in [-0.2, -0.15) is 5.26 Å². The van der Waals surface area contributed by atoms with Crippen molar-refractivity contribution in [2.45, 2.75) is 31.3 Å². The lowest BCUT2D eigenvalue weighted by Crippen LogP contribution is -2.54. The van der Waals surface area contributed by atoms with Crippen LogP contribution in [0.2, 0.25) is 0 Å². The molecule has 2 unspecified atom stereocenters. The summed E-state index contributed by atoms with van der Waals surface area (Å²) in [5, 5.41) is 11.7. The predicted molar refractivity (Wildman–Crippen MR) is 46.8 cm³/mol. The van der Waals surface area contributed by atoms with Crippen molar-refractivity contribution in [3.05, 3.63) is 0 Å². The zero-order valence-electron chi connectivity index (χ0n) is 7.49. The van der Waals surface area contributed by atoms with Gasteiger partial charge in [0.05, 0.1) is 6.07 Å². The number of amides is 1. The van der Waals surface area contributed by atoms with Gasteiger partial charge in [0.25, 0.3) is 0 Å². The molecule has 0 aromatic carbocycles. The first-order valence-electron chi connectivity index (χ1n) is 4.71. The van der Waals surface area contributed by atoms with E-state index in [0.717, 1.165) is 25.9 Å². The van der Waals surface area contributed by atoms with Crippen molar-refractivity contribution in [1.29, 1.82) is 5.26 Å². The molecule has 70 valence electrons. The Morgan fingerprint density at radius 3 is 2.62 bits per heavy atom. The molecule has 0 aromatic heterocycles. The fourth-order valence-electron chi connectivity index (χ4n) is 2.34. The van der Waals surface area contributed by atoms with Gasteiger partial charge < -0.3 is 10.2 Å². The van der Waals surface area contributed by atoms with E-state index in [9.17, 15) is 4.79 Å². The number of hydrogen-bond acceptors (Lipinski definition) is 3. The lowest BCUT2D eigenvalue weighted by atomic mass is 10.2. The highest BCUT2D eigenvalue weighted by molar-refractivity contribution is 5.79. The van der Waals surface area contributed by atoms with E-state index < -0.39 is 0 Å². The first-order chi connectivity index (χ1) is 6.33. The van der Waals surface area contributed by atoms with Crippen LogP contribution in [0.1, 0.15) is 19.3 Å². The van der Waals surface area contributed by atoms with Crippen LogP contribution in [0, 0.1) is 11.3 Å². The Morgan fingerprint density at radius 1 is 1.46 bits per heavy atom. The second-order valence-corrected chi connectivity index (χ2v) is 3.68. The van der Waals surface area contributed by atoms with Crippen molar-refractivity contribution in [3.8, 4) is 6.07 Å². The summed E-state index contributed by atoms with van der Waals surface area (Å²) < 4.78 is 0. The Kier molecular flexibility index (Phi) is 2.19. The van der Waals surface area contributed by atoms with E-state index in [0.29, 0.717) is 12.1 Å². The molecule has 0 aliphatic carbocycles. The summed E-state index contributed by atoms with van der Waals surface area (Å²) >= 11 is 0. The molecule has 0 spiro atoms. The summed E-state index contributed by atoms with van der Waals surface area (Å²) in [5.41, 5.74) is 0. The minimum absolute atomic E-state index is 0.0106. The van der Waals surface area contributed by atoms with Gasteiger partial charge in [0.1, 0.15) is 6.42 Å². The molecule has 2 bridgehead atoms. The topological polar surface area (TPSA) is 56.1 Å². The average molecular weight is 179 g/mol. The Bertz CT molecular complexity index is 242. The number of carbonyl (C=O) groups excluding carboxylic acids is 1. The minimum Gasteiger partial charge on any atom is -0.333 e. The monoisotopic (exact) mass is 179 g/mol. The van der Waals surface area contributed by atoms with Crippen LogP contribution in [0.5, 0.6) is 0 Å². The maximum atomic E-state index is 11.5. The first kappa shape index (κ1) is 8.52. The Morgan fingerprint density at radius 2 is 2.08 bits per heavy atom. The molecule has 0 radical (unpaired) electrons. The van der Waals surface area contributed by atoms with Crippen LogP contribution < -0.4 is 5.32 Å². The molecule has 2 saturated heterocycles. The molecule has 2 heterocycles. The SMILES string of the molecule is N#CCC(=O)N1C2CCC1CNC2. The molecular weight excluding hydrogens is 166 g/mol. The van der Waals surface area contributed by atoms with Crippen LogP contribution in [0.25, 0.3) is 0 Å². The maximum Gasteiger partial charge on any atom is 0.237 e. The van der Waals surface area contributed by atoms with Crippen LogP contribution in [0.3, 0.4) is 0 Å². The maximum absolute atomic E-state index is 11.5. The minimum atomic E-state index is 0.0106. The molecule has 2 rings (SSSR count). The van der Waals surface area contributed by atoms with Crippen molar-refractivity contribution in [3.63, 3.8) is 0 Å². The molecule has 0 saturated carbocycles. The van der Waals surface area contributed by atoms with Crippen LogP contribution in [0.4, 0.5) is 0 Å². The largest absolute Gasteiger partial charge is 0.333 e. The molecule has 0 aromatic rings. The zero-order valence-corrected chi connectivity index (χ0v) is 7.49. The third-order valence-corrected chi connectivity index (χ3v) is 2.90. The number of nitrogens with zero attached hydrogens (tertiary/aromatic N) is 2. The standard InChI is InChI=1S/C9H13N3O/c10-4-3-9(13)12-7-1-2-8(12)6-11-5-7/h7-8,11H,1-3,5-6H2. The molecule has 1 amide bonds. The van der Waals surface area contributed by atoms with Gasteiger partial charge in [0.15, 0.2) is 0 Å². The van der Waals surface area contributed by atoms with E-state index in [-0.39, 0.29) is 12.3 Å². The van der Waals surface area contributed by atoms with Crippen molar-refractivity contribution in [2.24, 2.45) is 0 Å². The normalized spacial score (nSPS) is 31.5. The number of hydrogen-bond donors (Lipinski definition) is 1. The number of fused-ring (bicyclic) bond motifs is 2. The first-order valence-corrected chi connectivity index (χ1v) is 4.71. The smallest absolute Gasteiger partial charge is 0.237 e. The molecule has 2 fully saturated rings. The number of nitriles is 1. The van der Waals surface area contributed by atoms with E-state index in [1.165, 1.54) is 0 Å². The summed E-state index contributed by atoms with van der Waals surface area (Å²) in [6, 6.07) is 2.62. The van der Waals surface area contributed by atoms with Crippen molar-refractivity contribution >= 4 is 5.91 Å². The quantitative estimate of drug-likeness (QED) is 0.609. The second kappa shape index (κ2) is 3.35. The third-order valence-electron chi connectivity index (χ3n) is 2.90. The van der Waals surface area contributed by atoms with E-state index in [1.54, 1.807) is 0 Å². The van der Waals surface area contributed by atoms with Gasteiger partial charge in [-0.1, -0.05) is 0 Å². The van der Waals surface area contributed by atoms with Gasteiger partial charge >= 0.3 is 0 Å². The summed E-state index contributed by atoms with van der Waals surface area (Å²) in [6.07, 6.45) is 2.22. The fraction of sp³-hybridized carbons (Fsp3) is 0.778. The second-order valence-electron chi connectivity index (χ2n) is 3.68. The Balaban J connectivity index is 2.07. The number of piperazine rings is 1. The Labute approximate surface area is 77.5 Å². The number of carbonyl (C=O) groups is 1. The van der Waals surface area contributed by atoms with Gasteiger partial charge in [0, 0.05) is 25.2 Å². The van der Waals surface area contributed by atoms with Gasteiger partial charge in [0.2, 0.25) is 5.91 Å². The third kappa shape index (κ3) is 1.40. The fourth-order valence-corrected chi connectivity index (χ4v) is 2.34. The predicted octanol–water partition coefficient (Wildman–Crippen LogP) is -0.137. The summed E-state index contributed by atoms with van der Waals surface area (Å²) in [4.78, 5) is 13.5. The van der Waals surface area contributed by atoms with Gasteiger partial charge in [-0.25, -0.2) is 0 Å². The van der Waals surface area contributed by atoms with Gasteiger partial charge in [-0.05, 0) is 12.8 Å². The van der Waals surface area contributed by atoms with Crippen molar-refractivity contribution in [2.75, 3.05) is 13.1 Å². The molecule has 2 aliphatic heterocycles. The van der Waals surface area contributed by atoms with Crippen LogP contribution in [0.15, 0.2) is 0 Å². The van der Waals surface area contributed by atoms with E-state index >= 15 is 0 Å². The van der Waals surface area contributed by atoms with Gasteiger partial charge in [-0.3, -0.25) is 4.79 Å². The number of nitrogens with one attached hydrogen (secondary N) is 1. The molecular formula is C9H13N3O. The number of rotatable bonds is 1. The highest BCUT2D eigenvalue weighted by atomic mass is 16.2. The molecule has 4 nitrogen and oxygen atoms in total. The molecule has 2 aliphatic rings. The van der Waals surface area contributed by atoms with Gasteiger partial charge in [-0.15, -0.1) is 0 Å². The van der Waals surface area contributed by atoms with Crippen LogP contribution in [-0.4, -0.2) is 36.0 Å². The molecule has 4 heteroatoms.